The predicted molar refractivity (Wildman–Crippen MR) is 86.6 cm³/mol. The number of nitrogens with zero attached hydrogens (tertiary/aromatic N) is 3. The number of rotatable bonds is 4. The minimum Gasteiger partial charge on any atom is -0.396 e. The third kappa shape index (κ3) is 3.98. The standard InChI is InChI=1S/C16H30N4O/c1-12-14(9-17-16(2,3)4)15(19(5)18-12)20-8-6-7-13(10-20)11-21/h13,17,21H,6-11H2,1-5H3. The molecule has 1 aliphatic heterocycles. The first-order chi connectivity index (χ1) is 9.81. The van der Waals surface area contributed by atoms with Crippen LogP contribution in [0.2, 0.25) is 0 Å². The SMILES string of the molecule is Cc1nn(C)c(N2CCCC(CO)C2)c1CNC(C)(C)C. The van der Waals surface area contributed by atoms with Gasteiger partial charge in [-0.15, -0.1) is 0 Å². The molecule has 21 heavy (non-hydrogen) atoms. The number of aliphatic hydroxyl groups is 1. The predicted octanol–water partition coefficient (Wildman–Crippen LogP) is 1.83. The van der Waals surface area contributed by atoms with E-state index in [4.69, 9.17) is 0 Å². The van der Waals surface area contributed by atoms with Crippen molar-refractivity contribution in [3.63, 3.8) is 0 Å². The van der Waals surface area contributed by atoms with Crippen LogP contribution in [0.4, 0.5) is 5.82 Å². The lowest BCUT2D eigenvalue weighted by molar-refractivity contribution is 0.208. The third-order valence-electron chi connectivity index (χ3n) is 4.19. The molecular weight excluding hydrogens is 264 g/mol. The molecule has 2 heterocycles. The van der Waals surface area contributed by atoms with Crippen LogP contribution in [0.3, 0.4) is 0 Å². The van der Waals surface area contributed by atoms with Crippen LogP contribution in [0.1, 0.15) is 44.9 Å². The minimum atomic E-state index is 0.0923. The van der Waals surface area contributed by atoms with Gasteiger partial charge in [0.1, 0.15) is 5.82 Å². The van der Waals surface area contributed by atoms with Gasteiger partial charge in [0, 0.05) is 44.4 Å². The van der Waals surface area contributed by atoms with Gasteiger partial charge in [0.05, 0.1) is 5.69 Å². The van der Waals surface area contributed by atoms with Gasteiger partial charge >= 0.3 is 0 Å². The Kier molecular flexibility index (Phi) is 4.94. The van der Waals surface area contributed by atoms with Crippen LogP contribution < -0.4 is 10.2 Å². The molecule has 2 N–H and O–H groups in total. The summed E-state index contributed by atoms with van der Waals surface area (Å²) in [4.78, 5) is 2.39. The smallest absolute Gasteiger partial charge is 0.131 e. The Morgan fingerprint density at radius 1 is 1.38 bits per heavy atom. The number of anilines is 1. The molecule has 1 aromatic rings. The summed E-state index contributed by atoms with van der Waals surface area (Å²) in [5.41, 5.74) is 2.47. The van der Waals surface area contributed by atoms with E-state index in [9.17, 15) is 5.11 Å². The average molecular weight is 294 g/mol. The topological polar surface area (TPSA) is 53.3 Å². The lowest BCUT2D eigenvalue weighted by Gasteiger charge is -2.34. The maximum atomic E-state index is 9.45. The molecule has 5 nitrogen and oxygen atoms in total. The van der Waals surface area contributed by atoms with E-state index in [1.54, 1.807) is 0 Å². The molecule has 0 amide bonds. The largest absolute Gasteiger partial charge is 0.396 e. The van der Waals surface area contributed by atoms with Crippen LogP contribution >= 0.6 is 0 Å². The van der Waals surface area contributed by atoms with Crippen LogP contribution in [0.15, 0.2) is 0 Å². The van der Waals surface area contributed by atoms with Gasteiger partial charge in [0.25, 0.3) is 0 Å². The van der Waals surface area contributed by atoms with Crippen molar-refractivity contribution in [3.05, 3.63) is 11.3 Å². The van der Waals surface area contributed by atoms with E-state index < -0.39 is 0 Å². The van der Waals surface area contributed by atoms with Crippen molar-refractivity contribution < 1.29 is 5.11 Å². The number of aryl methyl sites for hydroxylation is 2. The van der Waals surface area contributed by atoms with Crippen LogP contribution in [0.25, 0.3) is 0 Å². The van der Waals surface area contributed by atoms with Crippen LogP contribution in [-0.2, 0) is 13.6 Å². The fourth-order valence-corrected chi connectivity index (χ4v) is 3.05. The van der Waals surface area contributed by atoms with Gasteiger partial charge in [-0.1, -0.05) is 0 Å². The van der Waals surface area contributed by atoms with E-state index in [2.05, 4.69) is 43.0 Å². The highest BCUT2D eigenvalue weighted by atomic mass is 16.3. The average Bonchev–Trinajstić information content (AvgIpc) is 2.70. The summed E-state index contributed by atoms with van der Waals surface area (Å²) in [6.07, 6.45) is 2.26. The van der Waals surface area contributed by atoms with E-state index in [1.807, 2.05) is 11.7 Å². The number of aromatic nitrogens is 2. The summed E-state index contributed by atoms with van der Waals surface area (Å²) in [5, 5.41) is 17.6. The molecule has 120 valence electrons. The molecule has 5 heteroatoms. The zero-order valence-corrected chi connectivity index (χ0v) is 14.1. The van der Waals surface area contributed by atoms with Crippen LogP contribution in [-0.4, -0.2) is 40.1 Å². The maximum absolute atomic E-state index is 9.45. The number of nitrogens with one attached hydrogen (secondary N) is 1. The first kappa shape index (κ1) is 16.3. The molecule has 0 aliphatic carbocycles. The highest BCUT2D eigenvalue weighted by Gasteiger charge is 2.25. The van der Waals surface area contributed by atoms with Crippen molar-refractivity contribution in [2.75, 3.05) is 24.6 Å². The van der Waals surface area contributed by atoms with Gasteiger partial charge in [-0.05, 0) is 46.5 Å². The minimum absolute atomic E-state index is 0.0923. The van der Waals surface area contributed by atoms with E-state index in [0.29, 0.717) is 5.92 Å². The van der Waals surface area contributed by atoms with Gasteiger partial charge in [-0.25, -0.2) is 0 Å². The lowest BCUT2D eigenvalue weighted by atomic mass is 9.98. The molecule has 0 bridgehead atoms. The number of hydrogen-bond acceptors (Lipinski definition) is 4. The molecule has 1 fully saturated rings. The molecule has 0 spiro atoms. The summed E-state index contributed by atoms with van der Waals surface area (Å²) < 4.78 is 1.99. The second-order valence-electron chi connectivity index (χ2n) is 7.25. The maximum Gasteiger partial charge on any atom is 0.131 e. The lowest BCUT2D eigenvalue weighted by Crippen LogP contribution is -2.39. The molecule has 1 unspecified atom stereocenters. The Bertz CT molecular complexity index is 475. The van der Waals surface area contributed by atoms with Crippen molar-refractivity contribution in [1.29, 1.82) is 0 Å². The van der Waals surface area contributed by atoms with Gasteiger partial charge < -0.3 is 15.3 Å². The van der Waals surface area contributed by atoms with E-state index in [0.717, 1.165) is 38.2 Å². The highest BCUT2D eigenvalue weighted by Crippen LogP contribution is 2.28. The molecule has 0 radical (unpaired) electrons. The second-order valence-corrected chi connectivity index (χ2v) is 7.25. The fourth-order valence-electron chi connectivity index (χ4n) is 3.05. The molecule has 0 saturated carbocycles. The van der Waals surface area contributed by atoms with E-state index in [-0.39, 0.29) is 12.1 Å². The van der Waals surface area contributed by atoms with Crippen molar-refractivity contribution in [2.24, 2.45) is 13.0 Å². The van der Waals surface area contributed by atoms with E-state index >= 15 is 0 Å². The molecule has 1 aliphatic rings. The zero-order valence-electron chi connectivity index (χ0n) is 14.1. The summed E-state index contributed by atoms with van der Waals surface area (Å²) in [6, 6.07) is 0. The first-order valence-corrected chi connectivity index (χ1v) is 7.95. The Morgan fingerprint density at radius 2 is 2.10 bits per heavy atom. The summed E-state index contributed by atoms with van der Waals surface area (Å²) in [7, 11) is 2.02. The van der Waals surface area contributed by atoms with Crippen molar-refractivity contribution in [1.82, 2.24) is 15.1 Å². The number of hydrogen-bond donors (Lipinski definition) is 2. The quantitative estimate of drug-likeness (QED) is 0.889. The Balaban J connectivity index is 2.21. The number of aliphatic hydroxyl groups excluding tert-OH is 1. The highest BCUT2D eigenvalue weighted by molar-refractivity contribution is 5.50. The molecule has 2 rings (SSSR count). The van der Waals surface area contributed by atoms with Gasteiger partial charge in [-0.3, -0.25) is 4.68 Å². The number of piperidine rings is 1. The molecule has 0 aromatic carbocycles. The van der Waals surface area contributed by atoms with Gasteiger partial charge in [0.15, 0.2) is 0 Å². The molecule has 1 atom stereocenters. The Morgan fingerprint density at radius 3 is 2.71 bits per heavy atom. The second kappa shape index (κ2) is 6.36. The monoisotopic (exact) mass is 294 g/mol. The van der Waals surface area contributed by atoms with E-state index in [1.165, 1.54) is 11.4 Å². The Hall–Kier alpha value is -1.07. The normalized spacial score (nSPS) is 20.1. The Labute approximate surface area is 128 Å². The third-order valence-corrected chi connectivity index (χ3v) is 4.19. The van der Waals surface area contributed by atoms with Crippen LogP contribution in [0, 0.1) is 12.8 Å². The van der Waals surface area contributed by atoms with Crippen LogP contribution in [0.5, 0.6) is 0 Å². The molecular formula is C16H30N4O. The fraction of sp³-hybridized carbons (Fsp3) is 0.812. The van der Waals surface area contributed by atoms with Crippen molar-refractivity contribution in [3.8, 4) is 0 Å². The molecule has 1 aromatic heterocycles. The van der Waals surface area contributed by atoms with Gasteiger partial charge in [-0.2, -0.15) is 5.10 Å². The zero-order chi connectivity index (χ0) is 15.6. The first-order valence-electron chi connectivity index (χ1n) is 7.95. The summed E-state index contributed by atoms with van der Waals surface area (Å²) >= 11 is 0. The summed E-state index contributed by atoms with van der Waals surface area (Å²) in [5.74, 6) is 1.60. The van der Waals surface area contributed by atoms with Crippen molar-refractivity contribution >= 4 is 5.82 Å². The van der Waals surface area contributed by atoms with Crippen molar-refractivity contribution in [2.45, 2.75) is 52.6 Å². The summed E-state index contributed by atoms with van der Waals surface area (Å²) in [6.45, 7) is 11.7. The van der Waals surface area contributed by atoms with Gasteiger partial charge in [0.2, 0.25) is 0 Å². The molecule has 1 saturated heterocycles.